The van der Waals surface area contributed by atoms with Crippen molar-refractivity contribution >= 4 is 58.8 Å². The van der Waals surface area contributed by atoms with Crippen molar-refractivity contribution in [1.29, 1.82) is 0 Å². The molecule has 0 aliphatic heterocycles. The van der Waals surface area contributed by atoms with Crippen LogP contribution in [0.1, 0.15) is 39.0 Å². The molecule has 0 aromatic rings. The first-order valence-electron chi connectivity index (χ1n) is 12.9. The predicted octanol–water partition coefficient (Wildman–Crippen LogP) is -2.65. The number of rotatable bonds is 24. The van der Waals surface area contributed by atoms with Crippen molar-refractivity contribution in [1.82, 2.24) is 10.6 Å². The van der Waals surface area contributed by atoms with E-state index in [9.17, 15) is 49.2 Å². The fourth-order valence-corrected chi connectivity index (χ4v) is 5.07. The summed E-state index contributed by atoms with van der Waals surface area (Å²) < 4.78 is 0. The summed E-state index contributed by atoms with van der Waals surface area (Å²) in [5.74, 6) is -4.80. The molecule has 0 heterocycles. The average Bonchev–Trinajstić information content (AvgIpc) is 2.93. The van der Waals surface area contributed by atoms with E-state index in [1.54, 1.807) is 6.92 Å². The fraction of sp³-hybridized carbons (Fsp3) is 0.750. The smallest absolute Gasteiger partial charge is 0.321 e. The second kappa shape index (κ2) is 21.4. The maximum atomic E-state index is 12.1. The third-order valence-corrected chi connectivity index (χ3v) is 7.95. The molecule has 15 nitrogen and oxygen atoms in total. The Bertz CT molecular complexity index is 879. The van der Waals surface area contributed by atoms with Gasteiger partial charge in [0, 0.05) is 37.4 Å². The largest absolute Gasteiger partial charge is 0.481 e. The molecule has 6 atom stereocenters. The summed E-state index contributed by atoms with van der Waals surface area (Å²) in [7, 11) is 0. The number of aliphatic hydroxyl groups excluding tert-OH is 4. The summed E-state index contributed by atoms with van der Waals surface area (Å²) in [6, 6.07) is -1.10. The third kappa shape index (κ3) is 16.7. The van der Waals surface area contributed by atoms with Crippen molar-refractivity contribution in [2.24, 2.45) is 11.7 Å². The van der Waals surface area contributed by atoms with Gasteiger partial charge >= 0.3 is 11.9 Å². The quantitative estimate of drug-likeness (QED) is 0.0494. The van der Waals surface area contributed by atoms with Crippen molar-refractivity contribution in [3.8, 4) is 0 Å². The molecule has 0 aliphatic rings. The highest BCUT2D eigenvalue weighted by Gasteiger charge is 2.37. The molecule has 0 bridgehead atoms. The zero-order valence-corrected chi connectivity index (χ0v) is 24.4. The normalized spacial score (nSPS) is 15.6. The highest BCUT2D eigenvalue weighted by Crippen LogP contribution is 2.13. The maximum Gasteiger partial charge on any atom is 0.321 e. The molecule has 41 heavy (non-hydrogen) atoms. The molecule has 0 radical (unpaired) electrons. The standard InChI is InChI=1S/C24H41N3O12S2/c1-2-13(23(36)37)9-40-10-14(28)5-3-8-27-22(35)21(34)20(33)19(32)18(31)16(29)6-4-7-26-17(30)12-41-11-15(25)24(38)39/h13,15,18-21,31-34H,2-12,25H2,1H3,(H,26,30)(H,27,35)(H,36,37)(H,38,39)/t13?,15?,18-,19+,20+,21-/m0/s1. The number of carbonyl (C=O) groups excluding carboxylic acids is 4. The Labute approximate surface area is 246 Å². The van der Waals surface area contributed by atoms with Crippen LogP contribution in [0.2, 0.25) is 0 Å². The Kier molecular flexibility index (Phi) is 20.2. The van der Waals surface area contributed by atoms with Gasteiger partial charge in [-0.2, -0.15) is 11.8 Å². The summed E-state index contributed by atoms with van der Waals surface area (Å²) in [5, 5.41) is 62.5. The van der Waals surface area contributed by atoms with Gasteiger partial charge in [-0.05, 0) is 19.3 Å². The van der Waals surface area contributed by atoms with Gasteiger partial charge in [-0.1, -0.05) is 6.92 Å². The molecule has 0 fully saturated rings. The molecule has 10 N–H and O–H groups in total. The summed E-state index contributed by atoms with van der Waals surface area (Å²) in [6.45, 7) is 1.74. The molecular weight excluding hydrogens is 586 g/mol. The second-order valence-electron chi connectivity index (χ2n) is 9.14. The summed E-state index contributed by atoms with van der Waals surface area (Å²) in [5.41, 5.74) is 5.32. The number of thioether (sulfide) groups is 2. The lowest BCUT2D eigenvalue weighted by Crippen LogP contribution is -2.52. The Morgan fingerprint density at radius 1 is 0.756 bits per heavy atom. The third-order valence-electron chi connectivity index (χ3n) is 5.72. The number of hydrogen-bond donors (Lipinski definition) is 9. The van der Waals surface area contributed by atoms with Gasteiger partial charge in [0.2, 0.25) is 5.91 Å². The number of aliphatic hydroxyl groups is 4. The molecular formula is C24H41N3O12S2. The molecule has 2 amide bonds. The number of carbonyl (C=O) groups is 6. The number of carboxylic acids is 2. The van der Waals surface area contributed by atoms with Crippen molar-refractivity contribution in [2.75, 3.05) is 36.1 Å². The average molecular weight is 628 g/mol. The zero-order valence-electron chi connectivity index (χ0n) is 22.8. The van der Waals surface area contributed by atoms with Crippen LogP contribution in [0, 0.1) is 5.92 Å². The van der Waals surface area contributed by atoms with Crippen LogP contribution in [0.3, 0.4) is 0 Å². The summed E-state index contributed by atoms with van der Waals surface area (Å²) >= 11 is 2.22. The number of amides is 2. The molecule has 0 saturated heterocycles. The second-order valence-corrected chi connectivity index (χ2v) is 11.2. The minimum absolute atomic E-state index is 0.0352. The zero-order chi connectivity index (χ0) is 31.5. The van der Waals surface area contributed by atoms with E-state index in [1.807, 2.05) is 0 Å². The highest BCUT2D eigenvalue weighted by molar-refractivity contribution is 8.00. The van der Waals surface area contributed by atoms with Crippen molar-refractivity contribution in [2.45, 2.75) is 69.5 Å². The first kappa shape index (κ1) is 38.7. The Balaban J connectivity index is 4.27. The van der Waals surface area contributed by atoms with Crippen LogP contribution >= 0.6 is 23.5 Å². The first-order valence-corrected chi connectivity index (χ1v) is 15.2. The van der Waals surface area contributed by atoms with E-state index >= 15 is 0 Å². The van der Waals surface area contributed by atoms with Crippen LogP contribution in [-0.4, -0.2) is 133 Å². The number of aliphatic carboxylic acids is 2. The number of Topliss-reactive ketones (excluding diaryl/α,β-unsaturated/α-hetero) is 2. The van der Waals surface area contributed by atoms with E-state index in [4.69, 9.17) is 15.9 Å². The summed E-state index contributed by atoms with van der Waals surface area (Å²) in [6.07, 6.45) is -8.14. The maximum absolute atomic E-state index is 12.1. The molecule has 0 saturated carbocycles. The van der Waals surface area contributed by atoms with E-state index in [1.165, 1.54) is 11.8 Å². The van der Waals surface area contributed by atoms with E-state index < -0.39 is 65.9 Å². The number of nitrogens with one attached hydrogen (secondary N) is 2. The first-order chi connectivity index (χ1) is 19.2. The summed E-state index contributed by atoms with van der Waals surface area (Å²) in [4.78, 5) is 69.4. The van der Waals surface area contributed by atoms with Crippen molar-refractivity contribution in [3.63, 3.8) is 0 Å². The lowest BCUT2D eigenvalue weighted by Gasteiger charge is -2.25. The van der Waals surface area contributed by atoms with E-state index in [-0.39, 0.29) is 61.8 Å². The van der Waals surface area contributed by atoms with Crippen LogP contribution < -0.4 is 16.4 Å². The molecule has 0 rings (SSSR count). The number of nitrogens with two attached hydrogens (primary N) is 1. The minimum atomic E-state index is -2.19. The van der Waals surface area contributed by atoms with Gasteiger partial charge in [-0.25, -0.2) is 0 Å². The van der Waals surface area contributed by atoms with Crippen LogP contribution in [-0.2, 0) is 28.8 Å². The van der Waals surface area contributed by atoms with Gasteiger partial charge in [-0.3, -0.25) is 28.8 Å². The van der Waals surface area contributed by atoms with E-state index in [0.717, 1.165) is 11.8 Å². The molecule has 236 valence electrons. The molecule has 2 unspecified atom stereocenters. The van der Waals surface area contributed by atoms with Crippen LogP contribution in [0.4, 0.5) is 0 Å². The monoisotopic (exact) mass is 627 g/mol. The van der Waals surface area contributed by atoms with E-state index in [0.29, 0.717) is 12.2 Å². The Morgan fingerprint density at radius 2 is 1.32 bits per heavy atom. The van der Waals surface area contributed by atoms with Gasteiger partial charge in [0.1, 0.15) is 30.1 Å². The van der Waals surface area contributed by atoms with Gasteiger partial charge < -0.3 is 47.0 Å². The molecule has 0 aromatic carbocycles. The molecule has 0 aromatic heterocycles. The van der Waals surface area contributed by atoms with Crippen LogP contribution in [0.15, 0.2) is 0 Å². The van der Waals surface area contributed by atoms with Crippen LogP contribution in [0.5, 0.6) is 0 Å². The number of ketones is 2. The van der Waals surface area contributed by atoms with Crippen molar-refractivity contribution in [3.05, 3.63) is 0 Å². The predicted molar refractivity (Wildman–Crippen MR) is 150 cm³/mol. The van der Waals surface area contributed by atoms with Gasteiger partial charge in [0.05, 0.1) is 17.4 Å². The van der Waals surface area contributed by atoms with Crippen LogP contribution in [0.25, 0.3) is 0 Å². The molecule has 0 spiro atoms. The highest BCUT2D eigenvalue weighted by atomic mass is 32.2. The number of hydrogen-bond acceptors (Lipinski definition) is 13. The number of carboxylic acid groups (broad SMARTS) is 2. The topological polar surface area (TPSA) is 274 Å². The van der Waals surface area contributed by atoms with Gasteiger partial charge in [0.15, 0.2) is 11.9 Å². The Hall–Kier alpha value is -2.28. The SMILES string of the molecule is CCC(CSCC(=O)CCCNC(=O)[C@@H](O)[C@H](O)[C@H](O)[C@@H](O)C(=O)CCCNC(=O)CSCC(N)C(=O)O)C(=O)O. The molecule has 0 aliphatic carbocycles. The Morgan fingerprint density at radius 3 is 1.90 bits per heavy atom. The van der Waals surface area contributed by atoms with Gasteiger partial charge in [0.25, 0.3) is 5.91 Å². The lowest BCUT2D eigenvalue weighted by molar-refractivity contribution is -0.154. The lowest BCUT2D eigenvalue weighted by atomic mass is 9.97. The van der Waals surface area contributed by atoms with Crippen molar-refractivity contribution < 1.29 is 59.4 Å². The minimum Gasteiger partial charge on any atom is -0.481 e. The fourth-order valence-electron chi connectivity index (χ4n) is 3.11. The van der Waals surface area contributed by atoms with Gasteiger partial charge in [-0.15, -0.1) is 11.8 Å². The van der Waals surface area contributed by atoms with E-state index in [2.05, 4.69) is 10.6 Å². The molecule has 17 heteroatoms.